The van der Waals surface area contributed by atoms with Crippen LogP contribution in [-0.4, -0.2) is 5.11 Å². The molecule has 0 spiro atoms. The molecule has 0 unspecified atom stereocenters. The second kappa shape index (κ2) is 10.1. The van der Waals surface area contributed by atoms with E-state index in [0.717, 1.165) is 60.9 Å². The fraction of sp³-hybridized carbons (Fsp3) is 0. The molecule has 190 valence electrons. The molecule has 7 aromatic carbocycles. The van der Waals surface area contributed by atoms with Crippen LogP contribution in [-0.2, 0) is 0 Å². The largest absolute Gasteiger partial charge is 0.507 e. The van der Waals surface area contributed by atoms with E-state index >= 15 is 0 Å². The van der Waals surface area contributed by atoms with E-state index in [1.54, 1.807) is 0 Å². The number of rotatable bonds is 5. The highest BCUT2D eigenvalue weighted by Crippen LogP contribution is 2.45. The maximum Gasteiger partial charge on any atom is 0.124 e. The monoisotopic (exact) mass is 513 g/mol. The average Bonchev–Trinajstić information content (AvgIpc) is 3.02. The lowest BCUT2D eigenvalue weighted by Gasteiger charge is -2.25. The van der Waals surface area contributed by atoms with Gasteiger partial charge < -0.3 is 10.0 Å². The number of hydrogen-bond acceptors (Lipinski definition) is 2. The van der Waals surface area contributed by atoms with Gasteiger partial charge in [0.2, 0.25) is 0 Å². The number of nitrogens with zero attached hydrogens (tertiary/aromatic N) is 1. The summed E-state index contributed by atoms with van der Waals surface area (Å²) in [5.41, 5.74) is 7.38. The lowest BCUT2D eigenvalue weighted by molar-refractivity contribution is 0.478. The lowest BCUT2D eigenvalue weighted by atomic mass is 9.87. The smallest absolute Gasteiger partial charge is 0.124 e. The molecule has 0 aliphatic carbocycles. The number of phenols is 1. The third-order valence-electron chi connectivity index (χ3n) is 7.55. The predicted molar refractivity (Wildman–Crippen MR) is 169 cm³/mol. The van der Waals surface area contributed by atoms with Gasteiger partial charge in [0.15, 0.2) is 0 Å². The van der Waals surface area contributed by atoms with Crippen molar-refractivity contribution in [1.29, 1.82) is 0 Å². The Kier molecular flexibility index (Phi) is 5.99. The van der Waals surface area contributed by atoms with Gasteiger partial charge in [-0.05, 0) is 75.1 Å². The highest BCUT2D eigenvalue weighted by Gasteiger charge is 2.18. The van der Waals surface area contributed by atoms with Gasteiger partial charge in [-0.25, -0.2) is 0 Å². The molecule has 7 aromatic rings. The molecular formula is C38H27NO. The summed E-state index contributed by atoms with van der Waals surface area (Å²) in [5.74, 6) is 0.284. The fourth-order valence-electron chi connectivity index (χ4n) is 5.70. The Morgan fingerprint density at radius 3 is 1.45 bits per heavy atom. The molecule has 0 aliphatic heterocycles. The van der Waals surface area contributed by atoms with Crippen LogP contribution in [0.3, 0.4) is 0 Å². The molecule has 0 aromatic heterocycles. The van der Waals surface area contributed by atoms with Crippen LogP contribution in [0, 0.1) is 0 Å². The van der Waals surface area contributed by atoms with E-state index in [1.165, 1.54) is 0 Å². The molecule has 0 amide bonds. The molecule has 2 nitrogen and oxygen atoms in total. The third-order valence-corrected chi connectivity index (χ3v) is 7.55. The van der Waals surface area contributed by atoms with Gasteiger partial charge in [0.05, 0.1) is 0 Å². The van der Waals surface area contributed by atoms with Crippen molar-refractivity contribution in [3.05, 3.63) is 158 Å². The summed E-state index contributed by atoms with van der Waals surface area (Å²) in [6.45, 7) is 0. The van der Waals surface area contributed by atoms with E-state index in [1.807, 2.05) is 36.4 Å². The Morgan fingerprint density at radius 1 is 0.375 bits per heavy atom. The van der Waals surface area contributed by atoms with Crippen LogP contribution >= 0.6 is 0 Å². The molecule has 40 heavy (non-hydrogen) atoms. The van der Waals surface area contributed by atoms with Crippen molar-refractivity contribution in [3.8, 4) is 28.0 Å². The highest BCUT2D eigenvalue weighted by molar-refractivity contribution is 6.12. The predicted octanol–water partition coefficient (Wildman–Crippen LogP) is 10.5. The summed E-state index contributed by atoms with van der Waals surface area (Å²) in [6.07, 6.45) is 0. The summed E-state index contributed by atoms with van der Waals surface area (Å²) in [4.78, 5) is 2.27. The van der Waals surface area contributed by atoms with Gasteiger partial charge in [0.1, 0.15) is 5.75 Å². The maximum absolute atomic E-state index is 11.3. The second-order valence-corrected chi connectivity index (χ2v) is 9.94. The van der Waals surface area contributed by atoms with E-state index in [2.05, 4.69) is 126 Å². The Bertz CT molecular complexity index is 1910. The first-order valence-corrected chi connectivity index (χ1v) is 13.5. The minimum Gasteiger partial charge on any atom is -0.507 e. The van der Waals surface area contributed by atoms with Crippen LogP contribution in [0.15, 0.2) is 158 Å². The number of benzene rings is 7. The Morgan fingerprint density at radius 2 is 0.850 bits per heavy atom. The SMILES string of the molecule is Oc1ccc2ccccc2c1-c1c(-c2ccc(N(c3ccccc3)c3ccccc3)cc2)ccc2ccccc12. The lowest BCUT2D eigenvalue weighted by Crippen LogP contribution is -2.09. The first kappa shape index (κ1) is 23.8. The summed E-state index contributed by atoms with van der Waals surface area (Å²) in [6, 6.07) is 54.4. The number of aromatic hydroxyl groups is 1. The molecule has 7 rings (SSSR count). The maximum atomic E-state index is 11.3. The van der Waals surface area contributed by atoms with Crippen molar-refractivity contribution in [2.45, 2.75) is 0 Å². The Labute approximate surface area is 234 Å². The molecule has 0 saturated heterocycles. The number of hydrogen-bond donors (Lipinski definition) is 1. The zero-order valence-corrected chi connectivity index (χ0v) is 21.9. The van der Waals surface area contributed by atoms with Crippen molar-refractivity contribution in [1.82, 2.24) is 0 Å². The van der Waals surface area contributed by atoms with Gasteiger partial charge in [0.25, 0.3) is 0 Å². The molecule has 0 heterocycles. The van der Waals surface area contributed by atoms with Gasteiger partial charge in [-0.15, -0.1) is 0 Å². The van der Waals surface area contributed by atoms with Crippen LogP contribution in [0.1, 0.15) is 0 Å². The number of phenolic OH excluding ortho intramolecular Hbond substituents is 1. The highest BCUT2D eigenvalue weighted by atomic mass is 16.3. The Hall–Kier alpha value is -5.34. The molecule has 0 bridgehead atoms. The number of fused-ring (bicyclic) bond motifs is 2. The quantitative estimate of drug-likeness (QED) is 0.247. The fourth-order valence-corrected chi connectivity index (χ4v) is 5.70. The van der Waals surface area contributed by atoms with E-state index in [-0.39, 0.29) is 5.75 Å². The molecular weight excluding hydrogens is 486 g/mol. The third kappa shape index (κ3) is 4.16. The number of para-hydroxylation sites is 2. The minimum absolute atomic E-state index is 0.284. The topological polar surface area (TPSA) is 23.5 Å². The van der Waals surface area contributed by atoms with Crippen molar-refractivity contribution in [2.24, 2.45) is 0 Å². The van der Waals surface area contributed by atoms with E-state index in [0.29, 0.717) is 0 Å². The molecule has 0 radical (unpaired) electrons. The average molecular weight is 514 g/mol. The van der Waals surface area contributed by atoms with Crippen molar-refractivity contribution in [3.63, 3.8) is 0 Å². The summed E-state index contributed by atoms with van der Waals surface area (Å²) in [5, 5.41) is 15.7. The van der Waals surface area contributed by atoms with Gasteiger partial charge in [-0.1, -0.05) is 115 Å². The first-order chi connectivity index (χ1) is 19.8. The molecule has 2 heteroatoms. The minimum atomic E-state index is 0.284. The zero-order chi connectivity index (χ0) is 26.9. The van der Waals surface area contributed by atoms with Gasteiger partial charge >= 0.3 is 0 Å². The van der Waals surface area contributed by atoms with Gasteiger partial charge in [-0.3, -0.25) is 0 Å². The molecule has 0 atom stereocenters. The zero-order valence-electron chi connectivity index (χ0n) is 21.9. The van der Waals surface area contributed by atoms with E-state index in [9.17, 15) is 5.11 Å². The van der Waals surface area contributed by atoms with Crippen LogP contribution in [0.4, 0.5) is 17.1 Å². The first-order valence-electron chi connectivity index (χ1n) is 13.5. The van der Waals surface area contributed by atoms with Crippen LogP contribution < -0.4 is 4.90 Å². The molecule has 0 saturated carbocycles. The molecule has 0 fully saturated rings. The standard InChI is InChI=1S/C38H27NO/c40-36-26-22-28-12-8-10-18-34(28)38(36)37-33-17-9-7-11-27(33)21-25-35(37)29-19-23-32(24-20-29)39(30-13-3-1-4-14-30)31-15-5-2-6-16-31/h1-26,40H. The van der Waals surface area contributed by atoms with Crippen molar-refractivity contribution in [2.75, 3.05) is 4.90 Å². The summed E-state index contributed by atoms with van der Waals surface area (Å²) in [7, 11) is 0. The van der Waals surface area contributed by atoms with Crippen molar-refractivity contribution >= 4 is 38.6 Å². The van der Waals surface area contributed by atoms with Crippen LogP contribution in [0.5, 0.6) is 5.75 Å². The number of anilines is 3. The Balaban J connectivity index is 1.42. The van der Waals surface area contributed by atoms with Gasteiger partial charge in [0, 0.05) is 28.2 Å². The van der Waals surface area contributed by atoms with Crippen molar-refractivity contribution < 1.29 is 5.11 Å². The van der Waals surface area contributed by atoms with Crippen LogP contribution in [0.2, 0.25) is 0 Å². The van der Waals surface area contributed by atoms with Gasteiger partial charge in [-0.2, -0.15) is 0 Å². The van der Waals surface area contributed by atoms with Crippen LogP contribution in [0.25, 0.3) is 43.8 Å². The van der Waals surface area contributed by atoms with E-state index < -0.39 is 0 Å². The molecule has 0 aliphatic rings. The normalized spacial score (nSPS) is 11.1. The van der Waals surface area contributed by atoms with E-state index in [4.69, 9.17) is 0 Å². The second-order valence-electron chi connectivity index (χ2n) is 9.94. The summed E-state index contributed by atoms with van der Waals surface area (Å²) >= 11 is 0. The summed E-state index contributed by atoms with van der Waals surface area (Å²) < 4.78 is 0. The molecule has 1 N–H and O–H groups in total.